The van der Waals surface area contributed by atoms with E-state index >= 15 is 0 Å². The van der Waals surface area contributed by atoms with Crippen molar-refractivity contribution >= 4 is 39.5 Å². The third-order valence-electron chi connectivity index (χ3n) is 5.86. The van der Waals surface area contributed by atoms with Crippen LogP contribution in [0.3, 0.4) is 0 Å². The lowest BCUT2D eigenvalue weighted by atomic mass is 10.0. The summed E-state index contributed by atoms with van der Waals surface area (Å²) in [6.07, 6.45) is 2.32. The fourth-order valence-electron chi connectivity index (χ4n) is 3.74. The molecule has 2 amide bonds. The topological polar surface area (TPSA) is 111 Å². The van der Waals surface area contributed by atoms with Crippen LogP contribution in [-0.4, -0.2) is 69.9 Å². The van der Waals surface area contributed by atoms with Crippen LogP contribution in [0.4, 0.5) is 0 Å². The largest absolute Gasteiger partial charge is 0.369 e. The average Bonchev–Trinajstić information content (AvgIpc) is 3.24. The zero-order valence-corrected chi connectivity index (χ0v) is 23.4. The molecule has 2 aliphatic rings. The Morgan fingerprint density at radius 1 is 1.03 bits per heavy atom. The molecule has 0 aliphatic carbocycles. The highest BCUT2D eigenvalue weighted by Crippen LogP contribution is 2.33. The first-order valence-corrected chi connectivity index (χ1v) is 19.3. The number of amides is 2. The van der Waals surface area contributed by atoms with Gasteiger partial charge in [0.05, 0.1) is 0 Å². The van der Waals surface area contributed by atoms with Gasteiger partial charge in [-0.1, -0.05) is 39.3 Å². The molecule has 34 heavy (non-hydrogen) atoms. The maximum atomic E-state index is 13.6. The number of hydrogen-bond acceptors (Lipinski definition) is 6. The van der Waals surface area contributed by atoms with E-state index in [1.807, 2.05) is 16.8 Å². The van der Waals surface area contributed by atoms with Crippen LogP contribution in [0, 0.1) is 0 Å². The van der Waals surface area contributed by atoms with E-state index in [4.69, 9.17) is 15.2 Å². The van der Waals surface area contributed by atoms with Gasteiger partial charge in [-0.15, -0.1) is 0 Å². The van der Waals surface area contributed by atoms with Gasteiger partial charge in [0.25, 0.3) is 11.8 Å². The van der Waals surface area contributed by atoms with Gasteiger partial charge in [-0.2, -0.15) is 0 Å². The van der Waals surface area contributed by atoms with Crippen LogP contribution < -0.4 is 11.1 Å². The zero-order valence-electron chi connectivity index (χ0n) is 21.4. The quantitative estimate of drug-likeness (QED) is 0.288. The Morgan fingerprint density at radius 2 is 1.65 bits per heavy atom. The summed E-state index contributed by atoms with van der Waals surface area (Å²) in [4.78, 5) is 32.0. The number of nitrogens with two attached hydrogens (primary N) is 1. The number of nitrogens with zero attached hydrogens (tertiary/aromatic N) is 3. The van der Waals surface area contributed by atoms with Gasteiger partial charge in [-0.25, -0.2) is 4.99 Å². The van der Waals surface area contributed by atoms with E-state index in [-0.39, 0.29) is 36.9 Å². The van der Waals surface area contributed by atoms with E-state index in [0.29, 0.717) is 43.0 Å². The number of nitrogens with one attached hydrogen (secondary N) is 1. The molecule has 11 heteroatoms. The lowest BCUT2D eigenvalue weighted by Crippen LogP contribution is -2.35. The lowest BCUT2D eigenvalue weighted by Gasteiger charge is -2.23. The van der Waals surface area contributed by atoms with Crippen molar-refractivity contribution in [1.29, 1.82) is 0 Å². The first-order valence-electron chi connectivity index (χ1n) is 11.9. The minimum Gasteiger partial charge on any atom is -0.369 e. The maximum Gasteiger partial charge on any atom is 0.277 e. The van der Waals surface area contributed by atoms with Crippen molar-refractivity contribution < 1.29 is 19.1 Å². The number of guanidine groups is 1. The number of carbonyl (C=O) groups is 2. The predicted molar refractivity (Wildman–Crippen MR) is 140 cm³/mol. The molecule has 1 aromatic rings. The Bertz CT molecular complexity index is 988. The first kappa shape index (κ1) is 26.4. The molecule has 3 N–H and O–H groups in total. The summed E-state index contributed by atoms with van der Waals surface area (Å²) < 4.78 is 13.7. The van der Waals surface area contributed by atoms with Crippen molar-refractivity contribution in [2.24, 2.45) is 10.7 Å². The number of rotatable bonds is 10. The zero-order chi connectivity index (χ0) is 25.1. The van der Waals surface area contributed by atoms with E-state index in [0.717, 1.165) is 12.1 Å². The van der Waals surface area contributed by atoms with E-state index in [2.05, 4.69) is 49.6 Å². The maximum absolute atomic E-state index is 13.6. The number of hydrogen-bond donors (Lipinski definition) is 2. The molecule has 3 rings (SSSR count). The lowest BCUT2D eigenvalue weighted by molar-refractivity contribution is -0.115. The van der Waals surface area contributed by atoms with Crippen molar-refractivity contribution in [1.82, 2.24) is 14.8 Å². The smallest absolute Gasteiger partial charge is 0.277 e. The number of aliphatic imine (C=N–C) groups is 1. The van der Waals surface area contributed by atoms with Gasteiger partial charge in [0, 0.05) is 47.7 Å². The molecule has 1 aromatic heterocycles. The van der Waals surface area contributed by atoms with Gasteiger partial charge in [0.2, 0.25) is 5.96 Å². The van der Waals surface area contributed by atoms with Gasteiger partial charge in [-0.3, -0.25) is 14.9 Å². The van der Waals surface area contributed by atoms with Gasteiger partial charge < -0.3 is 24.7 Å². The normalized spacial score (nSPS) is 19.2. The van der Waals surface area contributed by atoms with E-state index < -0.39 is 16.1 Å². The number of ether oxygens (including phenoxy) is 2. The van der Waals surface area contributed by atoms with Gasteiger partial charge >= 0.3 is 0 Å². The van der Waals surface area contributed by atoms with Crippen LogP contribution in [0.1, 0.15) is 22.5 Å². The molecular weight excluding hydrogens is 466 g/mol. The molecule has 0 atom stereocenters. The highest BCUT2D eigenvalue weighted by molar-refractivity contribution is 6.76. The average molecular weight is 506 g/mol. The van der Waals surface area contributed by atoms with Crippen LogP contribution in [0.25, 0.3) is 5.57 Å². The number of aromatic nitrogens is 1. The molecule has 0 fully saturated rings. The molecule has 9 nitrogen and oxygen atoms in total. The summed E-state index contributed by atoms with van der Waals surface area (Å²) >= 11 is 0. The Morgan fingerprint density at radius 3 is 2.21 bits per heavy atom. The molecule has 0 saturated carbocycles. The fraction of sp³-hybridized carbons (Fsp3) is 0.609. The molecule has 0 aromatic carbocycles. The van der Waals surface area contributed by atoms with Crippen LogP contribution in [0.15, 0.2) is 23.0 Å². The predicted octanol–water partition coefficient (Wildman–Crippen LogP) is 3.11. The number of carbonyl (C=O) groups excluding carboxylic acids is 2. The molecular formula is C23H39N5O4Si2. The molecule has 0 bridgehead atoms. The summed E-state index contributed by atoms with van der Waals surface area (Å²) in [6.45, 7) is 16.0. The summed E-state index contributed by atoms with van der Waals surface area (Å²) in [7, 11) is -2.44. The highest BCUT2D eigenvalue weighted by atomic mass is 28.3. The second-order valence-electron chi connectivity index (χ2n) is 11.3. The Labute approximate surface area is 204 Å². The van der Waals surface area contributed by atoms with Gasteiger partial charge in [0.15, 0.2) is 0 Å². The molecule has 0 spiro atoms. The Kier molecular flexibility index (Phi) is 8.22. The minimum absolute atomic E-state index is 0.0743. The fourth-order valence-corrected chi connectivity index (χ4v) is 5.25. The molecule has 0 radical (unpaired) electrons. The highest BCUT2D eigenvalue weighted by Gasteiger charge is 2.33. The summed E-state index contributed by atoms with van der Waals surface area (Å²) in [5.41, 5.74) is 7.92. The first-order chi connectivity index (χ1) is 15.9. The van der Waals surface area contributed by atoms with Crippen LogP contribution in [0.5, 0.6) is 0 Å². The van der Waals surface area contributed by atoms with Gasteiger partial charge in [0.1, 0.15) is 24.9 Å². The third-order valence-corrected chi connectivity index (χ3v) is 9.26. The molecule has 0 saturated heterocycles. The van der Waals surface area contributed by atoms with E-state index in [1.54, 1.807) is 4.90 Å². The standard InChI is InChI=1S/C23H39N5O4Si2/c1-33(2,3)13-11-31-15-27-9-8-18-17(19-21(29)26-23(24)25-19)7-10-28(22(30)20(18)27)16-32-12-14-34(4,5)6/h8-9H,7,10-16H2,1-6H3,(H3,24,25,26,29). The van der Waals surface area contributed by atoms with Crippen molar-refractivity contribution in [2.45, 2.75) is 64.5 Å². The molecule has 2 aliphatic heterocycles. The third kappa shape index (κ3) is 6.90. The summed E-state index contributed by atoms with van der Waals surface area (Å²) in [6, 6.07) is 3.94. The second-order valence-corrected chi connectivity index (χ2v) is 22.6. The molecule has 188 valence electrons. The van der Waals surface area contributed by atoms with Crippen molar-refractivity contribution in [3.63, 3.8) is 0 Å². The van der Waals surface area contributed by atoms with Crippen molar-refractivity contribution in [2.75, 3.05) is 26.5 Å². The SMILES string of the molecule is C[Si](C)(C)CCOCN1CCC(=C2N=C(N)NC2=O)c2ccn(COCC[Si](C)(C)C)c2C1=O. The monoisotopic (exact) mass is 505 g/mol. The molecule has 3 heterocycles. The van der Waals surface area contributed by atoms with Crippen LogP contribution in [-0.2, 0) is 21.0 Å². The minimum atomic E-state index is -1.23. The van der Waals surface area contributed by atoms with Crippen molar-refractivity contribution in [3.05, 3.63) is 29.2 Å². The van der Waals surface area contributed by atoms with E-state index in [1.165, 1.54) is 0 Å². The van der Waals surface area contributed by atoms with Crippen LogP contribution >= 0.6 is 0 Å². The Hall–Kier alpha value is -2.22. The molecule has 0 unspecified atom stereocenters. The van der Waals surface area contributed by atoms with E-state index in [9.17, 15) is 9.59 Å². The second kappa shape index (κ2) is 10.6. The number of fused-ring (bicyclic) bond motifs is 1. The van der Waals surface area contributed by atoms with Gasteiger partial charge in [-0.05, 0) is 30.1 Å². The van der Waals surface area contributed by atoms with Crippen molar-refractivity contribution in [3.8, 4) is 0 Å². The Balaban J connectivity index is 1.85. The summed E-state index contributed by atoms with van der Waals surface area (Å²) in [5.74, 6) is -0.400. The van der Waals surface area contributed by atoms with Crippen LogP contribution in [0.2, 0.25) is 51.4 Å². The summed E-state index contributed by atoms with van der Waals surface area (Å²) in [5, 5.41) is 2.54.